The number of hydrogen-bond acceptors (Lipinski definition) is 3. The second-order valence-corrected chi connectivity index (χ2v) is 7.75. The van der Waals surface area contributed by atoms with E-state index >= 15 is 0 Å². The van der Waals surface area contributed by atoms with Gasteiger partial charge in [0.25, 0.3) is 0 Å². The fourth-order valence-corrected chi connectivity index (χ4v) is 4.37. The average Bonchev–Trinajstić information content (AvgIpc) is 2.84. The molecule has 5 aromatic carbocycles. The maximum atomic E-state index is 4.80. The lowest BCUT2D eigenvalue weighted by molar-refractivity contribution is 0.992. The van der Waals surface area contributed by atoms with E-state index in [9.17, 15) is 0 Å². The Hall–Kier alpha value is -4.11. The molecule has 0 aliphatic carbocycles. The Morgan fingerprint density at radius 1 is 0.419 bits per heavy atom. The maximum Gasteiger partial charge on any atom is 0.163 e. The molecule has 0 fully saturated rings. The molecule has 0 saturated carbocycles. The number of benzene rings is 5. The molecular weight excluding hydrogens is 378 g/mol. The maximum absolute atomic E-state index is 4.80. The molecule has 0 unspecified atom stereocenters. The fraction of sp³-hybridized carbons (Fsp3) is 0.0357. The van der Waals surface area contributed by atoms with Gasteiger partial charge in [-0.3, -0.25) is 0 Å². The Balaban J connectivity index is 1.63. The number of nitrogens with zero attached hydrogens (tertiary/aromatic N) is 3. The molecule has 3 nitrogen and oxygen atoms in total. The highest BCUT2D eigenvalue weighted by Gasteiger charge is 2.12. The third kappa shape index (κ3) is 2.94. The predicted molar refractivity (Wildman–Crippen MR) is 128 cm³/mol. The van der Waals surface area contributed by atoms with Crippen LogP contribution in [0.5, 0.6) is 0 Å². The van der Waals surface area contributed by atoms with Gasteiger partial charge in [0, 0.05) is 11.1 Å². The number of hydrogen-bond donors (Lipinski definition) is 0. The first-order valence-corrected chi connectivity index (χ1v) is 10.4. The van der Waals surface area contributed by atoms with E-state index in [-0.39, 0.29) is 0 Å². The van der Waals surface area contributed by atoms with Crippen LogP contribution in [0.1, 0.15) is 5.82 Å². The smallest absolute Gasteiger partial charge is 0.163 e. The molecular formula is C28H19N3. The average molecular weight is 397 g/mol. The molecule has 0 N–H and O–H groups in total. The lowest BCUT2D eigenvalue weighted by atomic mass is 9.93. The molecule has 1 heterocycles. The molecule has 0 radical (unpaired) electrons. The first kappa shape index (κ1) is 17.7. The van der Waals surface area contributed by atoms with Crippen LogP contribution in [0.4, 0.5) is 0 Å². The van der Waals surface area contributed by atoms with Crippen LogP contribution in [0.15, 0.2) is 97.1 Å². The molecule has 0 aliphatic rings. The number of fused-ring (bicyclic) bond motifs is 6. The Bertz CT molecular complexity index is 1550. The Morgan fingerprint density at radius 2 is 0.903 bits per heavy atom. The normalized spacial score (nSPS) is 11.4. The van der Waals surface area contributed by atoms with E-state index in [4.69, 9.17) is 4.98 Å². The van der Waals surface area contributed by atoms with E-state index in [1.54, 1.807) is 0 Å². The van der Waals surface area contributed by atoms with Crippen LogP contribution in [-0.4, -0.2) is 15.0 Å². The highest BCUT2D eigenvalue weighted by Crippen LogP contribution is 2.36. The van der Waals surface area contributed by atoms with Crippen molar-refractivity contribution >= 4 is 32.3 Å². The summed E-state index contributed by atoms with van der Waals surface area (Å²) in [6, 6.07) is 33.8. The van der Waals surface area contributed by atoms with Gasteiger partial charge in [0.1, 0.15) is 5.82 Å². The monoisotopic (exact) mass is 397 g/mol. The summed E-state index contributed by atoms with van der Waals surface area (Å²) in [4.78, 5) is 14.0. The van der Waals surface area contributed by atoms with E-state index in [0.717, 1.165) is 11.1 Å². The van der Waals surface area contributed by atoms with E-state index in [1.807, 2.05) is 37.3 Å². The van der Waals surface area contributed by atoms with E-state index in [1.165, 1.54) is 32.3 Å². The number of aryl methyl sites for hydroxylation is 1. The number of aromatic nitrogens is 3. The van der Waals surface area contributed by atoms with Crippen LogP contribution in [-0.2, 0) is 0 Å². The Morgan fingerprint density at radius 3 is 1.52 bits per heavy atom. The standard InChI is InChI=1S/C28H19N3/c1-18-29-27(19-9-3-2-4-10-19)31-28(30-18)20-15-16-25-23-13-6-5-11-21(23)22-12-7-8-14-24(22)26(25)17-20/h2-17H,1H3. The topological polar surface area (TPSA) is 38.7 Å². The summed E-state index contributed by atoms with van der Waals surface area (Å²) in [5.74, 6) is 2.12. The highest BCUT2D eigenvalue weighted by atomic mass is 15.0. The molecule has 1 aromatic heterocycles. The van der Waals surface area contributed by atoms with Gasteiger partial charge in [0.15, 0.2) is 11.6 Å². The third-order valence-corrected chi connectivity index (χ3v) is 5.78. The molecule has 31 heavy (non-hydrogen) atoms. The summed E-state index contributed by atoms with van der Waals surface area (Å²) in [5.41, 5.74) is 1.99. The van der Waals surface area contributed by atoms with E-state index in [0.29, 0.717) is 17.5 Å². The fourth-order valence-electron chi connectivity index (χ4n) is 4.37. The first-order valence-electron chi connectivity index (χ1n) is 10.4. The van der Waals surface area contributed by atoms with Crippen LogP contribution in [0.25, 0.3) is 55.1 Å². The summed E-state index contributed by atoms with van der Waals surface area (Å²) in [5, 5.41) is 7.50. The first-order chi connectivity index (χ1) is 15.3. The molecule has 6 rings (SSSR count). The van der Waals surface area contributed by atoms with Gasteiger partial charge in [-0.1, -0.05) is 91.0 Å². The van der Waals surface area contributed by atoms with Crippen LogP contribution >= 0.6 is 0 Å². The van der Waals surface area contributed by atoms with Crippen LogP contribution in [0.2, 0.25) is 0 Å². The molecule has 0 atom stereocenters. The largest absolute Gasteiger partial charge is 0.213 e. The van der Waals surface area contributed by atoms with Crippen LogP contribution in [0.3, 0.4) is 0 Å². The Kier molecular flexibility index (Phi) is 4.00. The summed E-state index contributed by atoms with van der Waals surface area (Å²) < 4.78 is 0. The molecule has 6 aromatic rings. The van der Waals surface area contributed by atoms with Crippen molar-refractivity contribution in [3.8, 4) is 22.8 Å². The summed E-state index contributed by atoms with van der Waals surface area (Å²) in [6.07, 6.45) is 0. The van der Waals surface area contributed by atoms with Gasteiger partial charge in [0.05, 0.1) is 0 Å². The van der Waals surface area contributed by atoms with Crippen molar-refractivity contribution in [2.75, 3.05) is 0 Å². The third-order valence-electron chi connectivity index (χ3n) is 5.78. The van der Waals surface area contributed by atoms with Crippen LogP contribution in [0, 0.1) is 6.92 Å². The van der Waals surface area contributed by atoms with E-state index in [2.05, 4.69) is 76.7 Å². The second-order valence-electron chi connectivity index (χ2n) is 7.75. The zero-order chi connectivity index (χ0) is 20.8. The Labute approximate surface area is 180 Å². The van der Waals surface area contributed by atoms with Crippen molar-refractivity contribution < 1.29 is 0 Å². The van der Waals surface area contributed by atoms with Crippen molar-refractivity contribution in [3.05, 3.63) is 103 Å². The minimum atomic E-state index is 0.700. The SMILES string of the molecule is Cc1nc(-c2ccccc2)nc(-c2ccc3c4ccccc4c4ccccc4c3c2)n1. The molecule has 0 spiro atoms. The van der Waals surface area contributed by atoms with Crippen LogP contribution < -0.4 is 0 Å². The van der Waals surface area contributed by atoms with Crippen molar-refractivity contribution in [1.82, 2.24) is 15.0 Å². The molecule has 3 heteroatoms. The van der Waals surface area contributed by atoms with Gasteiger partial charge in [-0.15, -0.1) is 0 Å². The summed E-state index contributed by atoms with van der Waals surface area (Å²) in [7, 11) is 0. The van der Waals surface area contributed by atoms with Gasteiger partial charge < -0.3 is 0 Å². The quantitative estimate of drug-likeness (QED) is 0.296. The van der Waals surface area contributed by atoms with Gasteiger partial charge in [-0.05, 0) is 45.3 Å². The zero-order valence-electron chi connectivity index (χ0n) is 17.1. The van der Waals surface area contributed by atoms with Crippen molar-refractivity contribution in [1.29, 1.82) is 0 Å². The summed E-state index contributed by atoms with van der Waals surface area (Å²) in [6.45, 7) is 1.92. The van der Waals surface area contributed by atoms with Gasteiger partial charge in [-0.25, -0.2) is 15.0 Å². The van der Waals surface area contributed by atoms with Crippen molar-refractivity contribution in [2.45, 2.75) is 6.92 Å². The minimum Gasteiger partial charge on any atom is -0.213 e. The van der Waals surface area contributed by atoms with Gasteiger partial charge in [-0.2, -0.15) is 0 Å². The molecule has 0 saturated heterocycles. The second kappa shape index (κ2) is 6.99. The minimum absolute atomic E-state index is 0.700. The van der Waals surface area contributed by atoms with Crippen molar-refractivity contribution in [2.24, 2.45) is 0 Å². The molecule has 0 amide bonds. The van der Waals surface area contributed by atoms with Gasteiger partial charge >= 0.3 is 0 Å². The van der Waals surface area contributed by atoms with Gasteiger partial charge in [0.2, 0.25) is 0 Å². The zero-order valence-corrected chi connectivity index (χ0v) is 17.1. The lowest BCUT2D eigenvalue weighted by Gasteiger charge is -2.12. The molecule has 0 bridgehead atoms. The lowest BCUT2D eigenvalue weighted by Crippen LogP contribution is -1.99. The molecule has 0 aliphatic heterocycles. The van der Waals surface area contributed by atoms with Crippen molar-refractivity contribution in [3.63, 3.8) is 0 Å². The summed E-state index contributed by atoms with van der Waals surface area (Å²) >= 11 is 0. The highest BCUT2D eigenvalue weighted by molar-refractivity contribution is 6.25. The number of rotatable bonds is 2. The van der Waals surface area contributed by atoms with E-state index < -0.39 is 0 Å². The molecule has 146 valence electrons. The predicted octanol–water partition coefficient (Wildman–Crippen LogP) is 6.97.